The Morgan fingerprint density at radius 1 is 1.11 bits per heavy atom. The number of Topliss-reactive ketones (excluding diaryl/α,β-unsaturated/α-hetero) is 1. The van der Waals surface area contributed by atoms with Gasteiger partial charge in [0.1, 0.15) is 35.2 Å². The minimum atomic E-state index is -0.983. The van der Waals surface area contributed by atoms with Crippen molar-refractivity contribution in [2.75, 3.05) is 0 Å². The average molecular weight is 763 g/mol. The third-order valence-electron chi connectivity index (χ3n) is 9.19. The first-order chi connectivity index (χ1) is 26.2. The number of aliphatic hydroxyl groups excluding tert-OH is 2. The summed E-state index contributed by atoms with van der Waals surface area (Å²) in [5, 5.41) is 34.7. The Morgan fingerprint density at radius 2 is 1.85 bits per heavy atom. The Kier molecular flexibility index (Phi) is 20.4. The smallest absolute Gasteiger partial charge is 0.342 e. The SMILES string of the molecule is CC=C[C@H](C)[C@H](O)C[C@H](CC=CNC(=O)N(C=CCC1C[C@@H](O)[C@@H](C)CC=CCc2cccc(O)c2C(=O)O1)C(=O)C=CC=CCC)OC(=O)C(C)C(C)=O. The molecule has 7 atom stereocenters. The van der Waals surface area contributed by atoms with Gasteiger partial charge in [0, 0.05) is 50.1 Å². The summed E-state index contributed by atoms with van der Waals surface area (Å²) in [4.78, 5) is 65.1. The molecule has 2 unspecified atom stereocenters. The largest absolute Gasteiger partial charge is 0.507 e. The van der Waals surface area contributed by atoms with Crippen molar-refractivity contribution in [3.63, 3.8) is 0 Å². The molecule has 1 aliphatic rings. The van der Waals surface area contributed by atoms with Crippen molar-refractivity contribution >= 4 is 29.7 Å². The number of rotatable bonds is 16. The molecule has 4 N–H and O–H groups in total. The summed E-state index contributed by atoms with van der Waals surface area (Å²) in [5.41, 5.74) is 0.619. The molecule has 0 saturated carbocycles. The molecule has 1 aromatic carbocycles. The lowest BCUT2D eigenvalue weighted by atomic mass is 9.93. The molecule has 1 aliphatic heterocycles. The molecular formula is C43H58N2O10. The van der Waals surface area contributed by atoms with Crippen molar-refractivity contribution in [1.29, 1.82) is 0 Å². The van der Waals surface area contributed by atoms with Crippen LogP contribution in [0.25, 0.3) is 0 Å². The zero-order valence-electron chi connectivity index (χ0n) is 32.8. The van der Waals surface area contributed by atoms with E-state index in [4.69, 9.17) is 9.47 Å². The maximum atomic E-state index is 13.4. The van der Waals surface area contributed by atoms with Crippen molar-refractivity contribution in [3.05, 3.63) is 102 Å². The first-order valence-corrected chi connectivity index (χ1v) is 18.8. The standard InChI is InChI=1S/C43H58N2O10/c1-7-9-10-11-24-39(50)45(43(53)44-25-15-21-34(27-37(48)29(3)17-8-2)54-41(51)31(5)32(6)46)26-16-22-35-28-38(49)30(4)18-12-13-19-33-20-14-23-36(47)40(33)42(52)55-35/h8-17,20,23-26,29-31,34-35,37-38,47-49H,7,18-19,21-22,27-28H2,1-6H3,(H,44,53)/t29-,30-,31?,34-,35?,37+,38+/m0/s1. The number of ether oxygens (including phenoxy) is 2. The number of nitrogens with one attached hydrogen (secondary N) is 1. The van der Waals surface area contributed by atoms with E-state index in [1.165, 1.54) is 56.6 Å². The molecule has 1 aromatic rings. The van der Waals surface area contributed by atoms with Crippen LogP contribution in [0.15, 0.2) is 91.4 Å². The van der Waals surface area contributed by atoms with E-state index in [2.05, 4.69) is 5.32 Å². The number of cyclic esters (lactones) is 1. The van der Waals surface area contributed by atoms with Crippen LogP contribution in [-0.2, 0) is 30.3 Å². The van der Waals surface area contributed by atoms with E-state index < -0.39 is 54.2 Å². The van der Waals surface area contributed by atoms with Gasteiger partial charge in [-0.3, -0.25) is 14.4 Å². The number of hydrogen-bond acceptors (Lipinski definition) is 10. The quantitative estimate of drug-likeness (QED) is 0.0461. The Labute approximate surface area is 325 Å². The predicted octanol–water partition coefficient (Wildman–Crippen LogP) is 6.78. The number of carbonyl (C=O) groups is 5. The lowest BCUT2D eigenvalue weighted by molar-refractivity contribution is -0.157. The first-order valence-electron chi connectivity index (χ1n) is 18.8. The second-order valence-electron chi connectivity index (χ2n) is 13.7. The summed E-state index contributed by atoms with van der Waals surface area (Å²) in [6.07, 6.45) is 17.8. The number of hydrogen-bond donors (Lipinski definition) is 4. The second-order valence-corrected chi connectivity index (χ2v) is 13.7. The lowest BCUT2D eigenvalue weighted by Gasteiger charge is -2.24. The topological polar surface area (TPSA) is 180 Å². The fourth-order valence-electron chi connectivity index (χ4n) is 5.53. The second kappa shape index (κ2) is 24.4. The number of urea groups is 1. The number of ketones is 1. The highest BCUT2D eigenvalue weighted by Gasteiger charge is 2.27. The predicted molar refractivity (Wildman–Crippen MR) is 210 cm³/mol. The van der Waals surface area contributed by atoms with Crippen LogP contribution < -0.4 is 5.32 Å². The van der Waals surface area contributed by atoms with Crippen molar-refractivity contribution < 1.29 is 48.8 Å². The van der Waals surface area contributed by atoms with Gasteiger partial charge in [-0.05, 0) is 57.6 Å². The number of imide groups is 1. The van der Waals surface area contributed by atoms with Gasteiger partial charge in [0.05, 0.1) is 12.2 Å². The number of nitrogens with zero attached hydrogens (tertiary/aromatic N) is 1. The number of phenolic OH excluding ortho intramolecular Hbond substituents is 1. The number of carbonyl (C=O) groups excluding carboxylic acids is 5. The first kappa shape index (κ1) is 46.1. The van der Waals surface area contributed by atoms with Gasteiger partial charge < -0.3 is 30.1 Å². The van der Waals surface area contributed by atoms with Gasteiger partial charge in [0.25, 0.3) is 5.91 Å². The van der Waals surface area contributed by atoms with E-state index in [0.29, 0.717) is 18.4 Å². The zero-order chi connectivity index (χ0) is 40.9. The molecule has 0 aromatic heterocycles. The van der Waals surface area contributed by atoms with Crippen molar-refractivity contribution in [2.24, 2.45) is 17.8 Å². The number of esters is 2. The normalized spacial score (nSPS) is 20.4. The summed E-state index contributed by atoms with van der Waals surface area (Å²) >= 11 is 0. The molecule has 2 rings (SSSR count). The summed E-state index contributed by atoms with van der Waals surface area (Å²) in [7, 11) is 0. The molecule has 300 valence electrons. The highest BCUT2D eigenvalue weighted by Crippen LogP contribution is 2.27. The summed E-state index contributed by atoms with van der Waals surface area (Å²) in [6.45, 7) is 10.2. The summed E-state index contributed by atoms with van der Waals surface area (Å²) in [6, 6.07) is 3.96. The minimum Gasteiger partial charge on any atom is -0.507 e. The number of benzene rings is 1. The molecule has 3 amide bonds. The number of phenols is 1. The zero-order valence-corrected chi connectivity index (χ0v) is 32.8. The van der Waals surface area contributed by atoms with Gasteiger partial charge in [-0.1, -0.05) is 87.6 Å². The minimum absolute atomic E-state index is 0.0281. The van der Waals surface area contributed by atoms with E-state index in [0.717, 1.165) is 11.3 Å². The van der Waals surface area contributed by atoms with E-state index >= 15 is 0 Å². The van der Waals surface area contributed by atoms with Crippen LogP contribution in [0.5, 0.6) is 5.75 Å². The van der Waals surface area contributed by atoms with E-state index in [-0.39, 0.29) is 54.6 Å². The van der Waals surface area contributed by atoms with Crippen LogP contribution in [0.4, 0.5) is 4.79 Å². The van der Waals surface area contributed by atoms with Gasteiger partial charge in [-0.25, -0.2) is 14.5 Å². The molecule has 0 radical (unpaired) electrons. The Hall–Kier alpha value is -5.07. The van der Waals surface area contributed by atoms with Crippen LogP contribution in [0, 0.1) is 17.8 Å². The number of amides is 3. The average Bonchev–Trinajstić information content (AvgIpc) is 3.14. The van der Waals surface area contributed by atoms with Crippen LogP contribution in [0.1, 0.15) is 96.0 Å². The fourth-order valence-corrected chi connectivity index (χ4v) is 5.53. The van der Waals surface area contributed by atoms with Crippen molar-refractivity contribution in [1.82, 2.24) is 10.2 Å². The van der Waals surface area contributed by atoms with Crippen LogP contribution in [-0.4, -0.2) is 74.3 Å². The van der Waals surface area contributed by atoms with Gasteiger partial charge >= 0.3 is 18.0 Å². The highest BCUT2D eigenvalue weighted by atomic mass is 16.5. The Balaban J connectivity index is 2.30. The number of aliphatic hydroxyl groups is 2. The molecule has 0 saturated heterocycles. The number of aromatic hydroxyl groups is 1. The van der Waals surface area contributed by atoms with E-state index in [1.54, 1.807) is 24.3 Å². The Bertz CT molecular complexity index is 1620. The third kappa shape index (κ3) is 16.1. The maximum absolute atomic E-state index is 13.4. The molecular weight excluding hydrogens is 704 g/mol. The van der Waals surface area contributed by atoms with Crippen LogP contribution in [0.3, 0.4) is 0 Å². The highest BCUT2D eigenvalue weighted by molar-refractivity contribution is 6.01. The Morgan fingerprint density at radius 3 is 2.55 bits per heavy atom. The van der Waals surface area contributed by atoms with Crippen molar-refractivity contribution in [2.45, 2.75) is 111 Å². The van der Waals surface area contributed by atoms with E-state index in [9.17, 15) is 39.3 Å². The molecule has 55 heavy (non-hydrogen) atoms. The molecule has 0 spiro atoms. The summed E-state index contributed by atoms with van der Waals surface area (Å²) < 4.78 is 11.4. The maximum Gasteiger partial charge on any atom is 0.342 e. The monoisotopic (exact) mass is 762 g/mol. The number of allylic oxidation sites excluding steroid dienone is 6. The molecule has 0 aliphatic carbocycles. The molecule has 1 heterocycles. The molecule has 0 bridgehead atoms. The van der Waals surface area contributed by atoms with Crippen LogP contribution in [0.2, 0.25) is 0 Å². The fraction of sp³-hybridized carbons (Fsp3) is 0.465. The van der Waals surface area contributed by atoms with Gasteiger partial charge in [-0.2, -0.15) is 0 Å². The van der Waals surface area contributed by atoms with E-state index in [1.807, 2.05) is 52.0 Å². The van der Waals surface area contributed by atoms with Gasteiger partial charge in [0.2, 0.25) is 0 Å². The van der Waals surface area contributed by atoms with Crippen LogP contribution >= 0.6 is 0 Å². The number of fused-ring (bicyclic) bond motifs is 1. The van der Waals surface area contributed by atoms with Crippen molar-refractivity contribution in [3.8, 4) is 5.75 Å². The third-order valence-corrected chi connectivity index (χ3v) is 9.19. The lowest BCUT2D eigenvalue weighted by Crippen LogP contribution is -2.37. The van der Waals surface area contributed by atoms with Gasteiger partial charge in [-0.15, -0.1) is 0 Å². The summed E-state index contributed by atoms with van der Waals surface area (Å²) in [5.74, 6) is -4.11. The molecule has 0 fully saturated rings. The van der Waals surface area contributed by atoms with Gasteiger partial charge in [0.15, 0.2) is 0 Å². The molecule has 12 heteroatoms. The molecule has 12 nitrogen and oxygen atoms in total.